The molecule has 4 aromatic rings. The van der Waals surface area contributed by atoms with Crippen molar-refractivity contribution in [2.24, 2.45) is 0 Å². The van der Waals surface area contributed by atoms with Crippen LogP contribution in [0.5, 0.6) is 5.75 Å². The largest absolute Gasteiger partial charge is 0.489 e. The van der Waals surface area contributed by atoms with E-state index in [2.05, 4.69) is 23.4 Å². The van der Waals surface area contributed by atoms with Crippen molar-refractivity contribution in [2.45, 2.75) is 33.9 Å². The maximum Gasteiger partial charge on any atom is 0.256 e. The van der Waals surface area contributed by atoms with Gasteiger partial charge in [-0.05, 0) is 62.2 Å². The van der Waals surface area contributed by atoms with Crippen molar-refractivity contribution in [1.29, 1.82) is 0 Å². The number of hydrogen-bond donors (Lipinski definition) is 1. The van der Waals surface area contributed by atoms with Crippen LogP contribution in [-0.4, -0.2) is 15.7 Å². The Kier molecular flexibility index (Phi) is 7.25. The summed E-state index contributed by atoms with van der Waals surface area (Å²) in [4.78, 5) is 12.9. The van der Waals surface area contributed by atoms with E-state index in [1.807, 2.05) is 50.2 Å². The molecule has 174 valence electrons. The monoisotopic (exact) mass is 493 g/mol. The standard InChI is InChI=1S/C27H25Cl2N3O2/c1-17-10-11-25(18(2)12-17)34-16-20-6-4-7-21(14-20)27(33)30-26-13-19(3)32(31-26)15-22-23(28)8-5-9-24(22)29/h4-14H,15-16H2,1-3H3,(H,30,31,33). The zero-order chi connectivity index (χ0) is 24.2. The number of aromatic nitrogens is 2. The summed E-state index contributed by atoms with van der Waals surface area (Å²) in [5, 5.41) is 8.54. The van der Waals surface area contributed by atoms with Gasteiger partial charge in [0.15, 0.2) is 5.82 Å². The number of halogens is 2. The maximum absolute atomic E-state index is 12.9. The SMILES string of the molecule is Cc1ccc(OCc2cccc(C(=O)Nc3cc(C)n(Cc4c(Cl)cccc4Cl)n3)c2)c(C)c1. The van der Waals surface area contributed by atoms with Crippen molar-refractivity contribution in [3.63, 3.8) is 0 Å². The summed E-state index contributed by atoms with van der Waals surface area (Å²) in [7, 11) is 0. The minimum atomic E-state index is -0.242. The van der Waals surface area contributed by atoms with Gasteiger partial charge in [-0.1, -0.05) is 59.1 Å². The summed E-state index contributed by atoms with van der Waals surface area (Å²) in [5.41, 5.74) is 5.37. The van der Waals surface area contributed by atoms with E-state index in [0.717, 1.165) is 28.1 Å². The van der Waals surface area contributed by atoms with Gasteiger partial charge in [-0.2, -0.15) is 5.10 Å². The first-order chi connectivity index (χ1) is 16.3. The molecule has 0 aliphatic carbocycles. The topological polar surface area (TPSA) is 56.1 Å². The van der Waals surface area contributed by atoms with Crippen LogP contribution in [-0.2, 0) is 13.2 Å². The first-order valence-corrected chi connectivity index (χ1v) is 11.6. The Morgan fingerprint density at radius 1 is 0.971 bits per heavy atom. The number of hydrogen-bond acceptors (Lipinski definition) is 3. The molecule has 4 rings (SSSR count). The zero-order valence-corrected chi connectivity index (χ0v) is 20.7. The molecule has 1 heterocycles. The fourth-order valence-corrected chi connectivity index (χ4v) is 4.19. The predicted molar refractivity (Wildman–Crippen MR) is 137 cm³/mol. The molecule has 0 unspecified atom stereocenters. The number of nitrogens with zero attached hydrogens (tertiary/aromatic N) is 2. The van der Waals surface area contributed by atoms with Gasteiger partial charge in [0.1, 0.15) is 12.4 Å². The van der Waals surface area contributed by atoms with Crippen LogP contribution in [0.4, 0.5) is 5.82 Å². The third-order valence-electron chi connectivity index (χ3n) is 5.51. The Balaban J connectivity index is 1.43. The first kappa shape index (κ1) is 23.9. The van der Waals surface area contributed by atoms with Gasteiger partial charge in [0, 0.05) is 32.9 Å². The number of anilines is 1. The molecular weight excluding hydrogens is 469 g/mol. The summed E-state index contributed by atoms with van der Waals surface area (Å²) in [6, 6.07) is 20.7. The average molecular weight is 494 g/mol. The molecule has 1 aromatic heterocycles. The summed E-state index contributed by atoms with van der Waals surface area (Å²) in [5.74, 6) is 1.05. The lowest BCUT2D eigenvalue weighted by molar-refractivity contribution is 0.102. The van der Waals surface area contributed by atoms with Crippen molar-refractivity contribution in [3.05, 3.63) is 110 Å². The van der Waals surface area contributed by atoms with Gasteiger partial charge < -0.3 is 10.1 Å². The summed E-state index contributed by atoms with van der Waals surface area (Å²) in [6.45, 7) is 6.77. The smallest absolute Gasteiger partial charge is 0.256 e. The molecule has 0 atom stereocenters. The molecule has 0 aliphatic heterocycles. The van der Waals surface area contributed by atoms with Gasteiger partial charge in [0.05, 0.1) is 6.54 Å². The van der Waals surface area contributed by atoms with Crippen molar-refractivity contribution >= 4 is 34.9 Å². The quantitative estimate of drug-likeness (QED) is 0.301. The fourth-order valence-electron chi connectivity index (χ4n) is 3.68. The molecule has 3 aromatic carbocycles. The number of nitrogens with one attached hydrogen (secondary N) is 1. The predicted octanol–water partition coefficient (Wildman–Crippen LogP) is 6.99. The number of benzene rings is 3. The van der Waals surface area contributed by atoms with E-state index < -0.39 is 0 Å². The van der Waals surface area contributed by atoms with Crippen LogP contribution in [0.25, 0.3) is 0 Å². The number of rotatable bonds is 7. The Bertz CT molecular complexity index is 1330. The molecule has 0 saturated carbocycles. The Hall–Kier alpha value is -3.28. The normalized spacial score (nSPS) is 10.9. The summed E-state index contributed by atoms with van der Waals surface area (Å²) >= 11 is 12.6. The number of carbonyl (C=O) groups is 1. The number of carbonyl (C=O) groups excluding carboxylic acids is 1. The van der Waals surface area contributed by atoms with E-state index >= 15 is 0 Å². The molecule has 1 N–H and O–H groups in total. The molecule has 0 aliphatic rings. The van der Waals surface area contributed by atoms with Crippen LogP contribution in [0, 0.1) is 20.8 Å². The molecule has 1 amide bonds. The highest BCUT2D eigenvalue weighted by Gasteiger charge is 2.13. The number of ether oxygens (including phenoxy) is 1. The molecule has 0 saturated heterocycles. The van der Waals surface area contributed by atoms with E-state index in [-0.39, 0.29) is 5.91 Å². The van der Waals surface area contributed by atoms with Crippen LogP contribution < -0.4 is 10.1 Å². The lowest BCUT2D eigenvalue weighted by atomic mass is 10.1. The highest BCUT2D eigenvalue weighted by Crippen LogP contribution is 2.26. The van der Waals surface area contributed by atoms with E-state index in [0.29, 0.717) is 34.6 Å². The highest BCUT2D eigenvalue weighted by molar-refractivity contribution is 6.36. The van der Waals surface area contributed by atoms with Gasteiger partial charge >= 0.3 is 0 Å². The third kappa shape index (κ3) is 5.61. The van der Waals surface area contributed by atoms with Crippen LogP contribution in [0.15, 0.2) is 66.7 Å². The lowest BCUT2D eigenvalue weighted by Crippen LogP contribution is -2.13. The second-order valence-electron chi connectivity index (χ2n) is 8.24. The van der Waals surface area contributed by atoms with Crippen molar-refractivity contribution in [3.8, 4) is 5.75 Å². The highest BCUT2D eigenvalue weighted by atomic mass is 35.5. The first-order valence-electron chi connectivity index (χ1n) is 10.9. The van der Waals surface area contributed by atoms with E-state index in [4.69, 9.17) is 27.9 Å². The molecule has 0 spiro atoms. The van der Waals surface area contributed by atoms with E-state index in [1.54, 1.807) is 28.9 Å². The van der Waals surface area contributed by atoms with Crippen molar-refractivity contribution in [2.75, 3.05) is 5.32 Å². The summed E-state index contributed by atoms with van der Waals surface area (Å²) in [6.07, 6.45) is 0. The Labute approximate surface area is 209 Å². The van der Waals surface area contributed by atoms with Crippen LogP contribution in [0.3, 0.4) is 0 Å². The van der Waals surface area contributed by atoms with Crippen molar-refractivity contribution in [1.82, 2.24) is 9.78 Å². The van der Waals surface area contributed by atoms with Gasteiger partial charge in [-0.15, -0.1) is 0 Å². The minimum Gasteiger partial charge on any atom is -0.489 e. The second kappa shape index (κ2) is 10.3. The van der Waals surface area contributed by atoms with E-state index in [1.165, 1.54) is 5.56 Å². The van der Waals surface area contributed by atoms with E-state index in [9.17, 15) is 4.79 Å². The fraction of sp³-hybridized carbons (Fsp3) is 0.185. The zero-order valence-electron chi connectivity index (χ0n) is 19.2. The Morgan fingerprint density at radius 2 is 1.71 bits per heavy atom. The van der Waals surface area contributed by atoms with Crippen LogP contribution >= 0.6 is 23.2 Å². The average Bonchev–Trinajstić information content (AvgIpc) is 3.14. The second-order valence-corrected chi connectivity index (χ2v) is 9.06. The van der Waals surface area contributed by atoms with Gasteiger partial charge in [0.25, 0.3) is 5.91 Å². The molecule has 0 bridgehead atoms. The molecule has 5 nitrogen and oxygen atoms in total. The molecular formula is C27H25Cl2N3O2. The molecule has 7 heteroatoms. The van der Waals surface area contributed by atoms with Gasteiger partial charge in [0.2, 0.25) is 0 Å². The lowest BCUT2D eigenvalue weighted by Gasteiger charge is -2.11. The molecule has 0 fully saturated rings. The van der Waals surface area contributed by atoms with Crippen molar-refractivity contribution < 1.29 is 9.53 Å². The van der Waals surface area contributed by atoms with Crippen LogP contribution in [0.1, 0.15) is 38.3 Å². The number of amides is 1. The van der Waals surface area contributed by atoms with Gasteiger partial charge in [-0.3, -0.25) is 9.48 Å². The number of aryl methyl sites for hydroxylation is 3. The van der Waals surface area contributed by atoms with Gasteiger partial charge in [-0.25, -0.2) is 0 Å². The molecule has 34 heavy (non-hydrogen) atoms. The summed E-state index contributed by atoms with van der Waals surface area (Å²) < 4.78 is 7.72. The maximum atomic E-state index is 12.9. The minimum absolute atomic E-state index is 0.242. The van der Waals surface area contributed by atoms with Crippen LogP contribution in [0.2, 0.25) is 10.0 Å². The molecule has 0 radical (unpaired) electrons. The third-order valence-corrected chi connectivity index (χ3v) is 6.21. The Morgan fingerprint density at radius 3 is 2.44 bits per heavy atom.